The first kappa shape index (κ1) is 9.69. The van der Waals surface area contributed by atoms with Crippen LogP contribution >= 0.6 is 11.3 Å². The van der Waals surface area contributed by atoms with Gasteiger partial charge in [0.25, 0.3) is 5.91 Å². The summed E-state index contributed by atoms with van der Waals surface area (Å²) in [6.45, 7) is -0.545. The zero-order valence-corrected chi connectivity index (χ0v) is 7.34. The standard InChI is InChI=1S/C7H7NO4S/c9-6(10)4-12-8-7(11)5-2-1-3-13-5/h1-3H,4H2,(H,8,11)(H,9,10). The minimum Gasteiger partial charge on any atom is -0.479 e. The maximum atomic E-state index is 11.1. The third-order valence-electron chi connectivity index (χ3n) is 1.11. The number of hydrogen-bond donors (Lipinski definition) is 2. The number of nitrogens with one attached hydrogen (secondary N) is 1. The number of carbonyl (C=O) groups is 2. The molecule has 1 aromatic rings. The molecular formula is C7H7NO4S. The summed E-state index contributed by atoms with van der Waals surface area (Å²) >= 11 is 1.25. The molecule has 13 heavy (non-hydrogen) atoms. The highest BCUT2D eigenvalue weighted by Gasteiger charge is 2.06. The van der Waals surface area contributed by atoms with Gasteiger partial charge in [0.2, 0.25) is 0 Å². The molecule has 0 unspecified atom stereocenters. The number of hydrogen-bond acceptors (Lipinski definition) is 4. The Hall–Kier alpha value is -1.40. The van der Waals surface area contributed by atoms with Crippen LogP contribution in [0.25, 0.3) is 0 Å². The summed E-state index contributed by atoms with van der Waals surface area (Å²) in [5.74, 6) is -1.57. The van der Waals surface area contributed by atoms with Crippen molar-refractivity contribution in [2.45, 2.75) is 0 Å². The van der Waals surface area contributed by atoms with E-state index in [2.05, 4.69) is 4.84 Å². The fraction of sp³-hybridized carbons (Fsp3) is 0.143. The number of thiophene rings is 1. The van der Waals surface area contributed by atoms with Gasteiger partial charge < -0.3 is 5.11 Å². The van der Waals surface area contributed by atoms with E-state index >= 15 is 0 Å². The van der Waals surface area contributed by atoms with Gasteiger partial charge in [-0.1, -0.05) is 6.07 Å². The van der Waals surface area contributed by atoms with E-state index in [1.165, 1.54) is 11.3 Å². The number of amides is 1. The summed E-state index contributed by atoms with van der Waals surface area (Å²) < 4.78 is 0. The van der Waals surface area contributed by atoms with Gasteiger partial charge in [-0.2, -0.15) is 0 Å². The van der Waals surface area contributed by atoms with Crippen LogP contribution < -0.4 is 5.48 Å². The topological polar surface area (TPSA) is 75.6 Å². The molecule has 1 rings (SSSR count). The van der Waals surface area contributed by atoms with Crippen LogP contribution in [0.1, 0.15) is 9.67 Å². The highest BCUT2D eigenvalue weighted by atomic mass is 32.1. The average molecular weight is 201 g/mol. The second-order valence-electron chi connectivity index (χ2n) is 2.09. The van der Waals surface area contributed by atoms with Crippen LogP contribution in [0.5, 0.6) is 0 Å². The Morgan fingerprint density at radius 2 is 2.38 bits per heavy atom. The van der Waals surface area contributed by atoms with Crippen molar-refractivity contribution in [1.82, 2.24) is 5.48 Å². The Kier molecular flexibility index (Phi) is 3.41. The predicted molar refractivity (Wildman–Crippen MR) is 45.4 cm³/mol. The van der Waals surface area contributed by atoms with Gasteiger partial charge in [-0.05, 0) is 11.4 Å². The van der Waals surface area contributed by atoms with E-state index in [1.54, 1.807) is 17.5 Å². The van der Waals surface area contributed by atoms with Crippen molar-refractivity contribution in [3.05, 3.63) is 22.4 Å². The van der Waals surface area contributed by atoms with Crippen LogP contribution in [0.15, 0.2) is 17.5 Å². The molecule has 1 amide bonds. The van der Waals surface area contributed by atoms with Gasteiger partial charge >= 0.3 is 5.97 Å². The van der Waals surface area contributed by atoms with Crippen molar-refractivity contribution in [3.63, 3.8) is 0 Å². The summed E-state index contributed by atoms with van der Waals surface area (Å²) in [5, 5.41) is 9.93. The molecule has 70 valence electrons. The normalized spacial score (nSPS) is 9.54. The highest BCUT2D eigenvalue weighted by molar-refractivity contribution is 7.12. The molecule has 0 saturated heterocycles. The summed E-state index contributed by atoms with van der Waals surface area (Å²) in [6, 6.07) is 3.33. The van der Waals surface area contributed by atoms with Crippen molar-refractivity contribution in [3.8, 4) is 0 Å². The molecule has 0 spiro atoms. The van der Waals surface area contributed by atoms with Crippen LogP contribution in [0.4, 0.5) is 0 Å². The molecule has 0 aliphatic rings. The Balaban J connectivity index is 2.31. The van der Waals surface area contributed by atoms with Crippen LogP contribution in [0.3, 0.4) is 0 Å². The van der Waals surface area contributed by atoms with Crippen molar-refractivity contribution in [2.75, 3.05) is 6.61 Å². The minimum absolute atomic E-state index is 0.434. The van der Waals surface area contributed by atoms with Crippen molar-refractivity contribution >= 4 is 23.2 Å². The quantitative estimate of drug-likeness (QED) is 0.695. The molecule has 0 aliphatic carbocycles. The molecular weight excluding hydrogens is 194 g/mol. The second-order valence-corrected chi connectivity index (χ2v) is 3.04. The Bertz CT molecular complexity index is 295. The molecule has 1 aromatic heterocycles. The lowest BCUT2D eigenvalue weighted by atomic mass is 10.5. The molecule has 0 aliphatic heterocycles. The van der Waals surface area contributed by atoms with E-state index in [4.69, 9.17) is 5.11 Å². The lowest BCUT2D eigenvalue weighted by molar-refractivity contribution is -0.144. The number of carboxylic acid groups (broad SMARTS) is 1. The maximum absolute atomic E-state index is 11.1. The summed E-state index contributed by atoms with van der Waals surface area (Å²) in [4.78, 5) is 25.9. The molecule has 5 nitrogen and oxygen atoms in total. The van der Waals surface area contributed by atoms with Gasteiger partial charge in [-0.15, -0.1) is 11.3 Å². The number of carboxylic acids is 1. The van der Waals surface area contributed by atoms with Crippen molar-refractivity contribution in [2.24, 2.45) is 0 Å². The van der Waals surface area contributed by atoms with Gasteiger partial charge in [0.1, 0.15) is 0 Å². The molecule has 0 saturated carbocycles. The highest BCUT2D eigenvalue weighted by Crippen LogP contribution is 2.07. The van der Waals surface area contributed by atoms with E-state index < -0.39 is 18.5 Å². The molecule has 0 atom stereocenters. The number of hydroxylamine groups is 1. The average Bonchev–Trinajstić information content (AvgIpc) is 2.55. The van der Waals surface area contributed by atoms with Crippen LogP contribution in [0, 0.1) is 0 Å². The predicted octanol–water partition coefficient (Wildman–Crippen LogP) is 0.494. The van der Waals surface area contributed by atoms with Gasteiger partial charge in [-0.3, -0.25) is 9.63 Å². The van der Waals surface area contributed by atoms with E-state index in [0.717, 1.165) is 0 Å². The van der Waals surface area contributed by atoms with E-state index in [0.29, 0.717) is 4.88 Å². The first-order valence-electron chi connectivity index (χ1n) is 3.37. The lowest BCUT2D eigenvalue weighted by Crippen LogP contribution is -2.25. The van der Waals surface area contributed by atoms with Gasteiger partial charge in [-0.25, -0.2) is 10.3 Å². The Morgan fingerprint density at radius 1 is 1.62 bits per heavy atom. The van der Waals surface area contributed by atoms with Crippen LogP contribution in [-0.4, -0.2) is 23.6 Å². The number of carbonyl (C=O) groups excluding carboxylic acids is 1. The largest absolute Gasteiger partial charge is 0.479 e. The molecule has 0 fully saturated rings. The maximum Gasteiger partial charge on any atom is 0.332 e. The molecule has 0 bridgehead atoms. The van der Waals surface area contributed by atoms with Crippen molar-refractivity contribution < 1.29 is 19.5 Å². The van der Waals surface area contributed by atoms with Crippen molar-refractivity contribution in [1.29, 1.82) is 0 Å². The van der Waals surface area contributed by atoms with E-state index in [9.17, 15) is 9.59 Å². The fourth-order valence-corrected chi connectivity index (χ4v) is 1.23. The molecule has 1 heterocycles. The Morgan fingerprint density at radius 3 is 2.92 bits per heavy atom. The lowest BCUT2D eigenvalue weighted by Gasteiger charge is -2.00. The van der Waals surface area contributed by atoms with Gasteiger partial charge in [0.05, 0.1) is 4.88 Å². The molecule has 2 N–H and O–H groups in total. The van der Waals surface area contributed by atoms with Crippen LogP contribution in [0.2, 0.25) is 0 Å². The SMILES string of the molecule is O=C(O)CONC(=O)c1cccs1. The third kappa shape index (κ3) is 3.22. The van der Waals surface area contributed by atoms with Crippen LogP contribution in [-0.2, 0) is 9.63 Å². The fourth-order valence-electron chi connectivity index (χ4n) is 0.621. The monoisotopic (exact) mass is 201 g/mol. The summed E-state index contributed by atoms with van der Waals surface area (Å²) in [5.41, 5.74) is 2.01. The minimum atomic E-state index is -1.13. The zero-order valence-electron chi connectivity index (χ0n) is 6.52. The second kappa shape index (κ2) is 4.58. The number of aliphatic carboxylic acids is 1. The molecule has 0 aromatic carbocycles. The van der Waals surface area contributed by atoms with Gasteiger partial charge in [0.15, 0.2) is 6.61 Å². The summed E-state index contributed by atoms with van der Waals surface area (Å²) in [6.07, 6.45) is 0. The smallest absolute Gasteiger partial charge is 0.332 e. The van der Waals surface area contributed by atoms with E-state index in [-0.39, 0.29) is 0 Å². The molecule has 0 radical (unpaired) electrons. The summed E-state index contributed by atoms with van der Waals surface area (Å²) in [7, 11) is 0. The van der Waals surface area contributed by atoms with E-state index in [1.807, 2.05) is 5.48 Å². The first-order chi connectivity index (χ1) is 6.20. The zero-order chi connectivity index (χ0) is 9.68. The number of rotatable bonds is 4. The van der Waals surface area contributed by atoms with Gasteiger partial charge in [0, 0.05) is 0 Å². The first-order valence-corrected chi connectivity index (χ1v) is 4.25. The Labute approximate surface area is 77.9 Å². The third-order valence-corrected chi connectivity index (χ3v) is 1.97. The molecule has 6 heteroatoms.